The number of amides is 1. The lowest BCUT2D eigenvalue weighted by atomic mass is 9.93. The van der Waals surface area contributed by atoms with Crippen molar-refractivity contribution in [3.05, 3.63) is 12.7 Å². The fourth-order valence-electron chi connectivity index (χ4n) is 2.45. The number of ether oxygens (including phenoxy) is 2. The molecule has 2 saturated heterocycles. The average molecular weight is 225 g/mol. The maximum absolute atomic E-state index is 11.6. The number of nitrogens with zero attached hydrogens (tertiary/aromatic N) is 1. The maximum atomic E-state index is 11.6. The smallest absolute Gasteiger partial charge is 0.410 e. The van der Waals surface area contributed by atoms with Crippen molar-refractivity contribution in [2.75, 3.05) is 26.3 Å². The van der Waals surface area contributed by atoms with Gasteiger partial charge in [-0.1, -0.05) is 12.7 Å². The van der Waals surface area contributed by atoms with Crippen molar-refractivity contribution in [3.63, 3.8) is 0 Å². The van der Waals surface area contributed by atoms with Crippen molar-refractivity contribution < 1.29 is 14.3 Å². The minimum atomic E-state index is -0.244. The van der Waals surface area contributed by atoms with Gasteiger partial charge in [0.2, 0.25) is 0 Å². The fourth-order valence-corrected chi connectivity index (χ4v) is 2.45. The van der Waals surface area contributed by atoms with E-state index in [2.05, 4.69) is 6.58 Å². The van der Waals surface area contributed by atoms with E-state index < -0.39 is 0 Å². The minimum absolute atomic E-state index is 0.0779. The molecule has 2 aliphatic heterocycles. The van der Waals surface area contributed by atoms with Crippen LogP contribution in [0.15, 0.2) is 12.7 Å². The zero-order valence-electron chi connectivity index (χ0n) is 9.61. The van der Waals surface area contributed by atoms with Crippen LogP contribution in [0.5, 0.6) is 0 Å². The summed E-state index contributed by atoms with van der Waals surface area (Å²) in [7, 11) is 0. The maximum Gasteiger partial charge on any atom is 0.410 e. The monoisotopic (exact) mass is 225 g/mol. The predicted molar refractivity (Wildman–Crippen MR) is 60.3 cm³/mol. The van der Waals surface area contributed by atoms with Gasteiger partial charge in [0.1, 0.15) is 6.61 Å². The van der Waals surface area contributed by atoms with E-state index >= 15 is 0 Å². The Morgan fingerprint density at radius 1 is 1.50 bits per heavy atom. The number of likely N-dealkylation sites (tertiary alicyclic amines) is 1. The van der Waals surface area contributed by atoms with Crippen LogP contribution >= 0.6 is 0 Å². The van der Waals surface area contributed by atoms with Crippen LogP contribution in [0.1, 0.15) is 25.7 Å². The van der Waals surface area contributed by atoms with Crippen molar-refractivity contribution in [2.24, 2.45) is 0 Å². The second-order valence-corrected chi connectivity index (χ2v) is 4.53. The van der Waals surface area contributed by atoms with Crippen LogP contribution in [-0.4, -0.2) is 42.9 Å². The van der Waals surface area contributed by atoms with Gasteiger partial charge < -0.3 is 14.4 Å². The molecule has 0 aromatic carbocycles. The van der Waals surface area contributed by atoms with Crippen molar-refractivity contribution in [3.8, 4) is 0 Å². The highest BCUT2D eigenvalue weighted by molar-refractivity contribution is 5.68. The fraction of sp³-hybridized carbons (Fsp3) is 0.750. The Morgan fingerprint density at radius 3 is 3.06 bits per heavy atom. The van der Waals surface area contributed by atoms with Crippen LogP contribution in [0.4, 0.5) is 4.79 Å². The van der Waals surface area contributed by atoms with Gasteiger partial charge >= 0.3 is 6.09 Å². The molecule has 16 heavy (non-hydrogen) atoms. The minimum Gasteiger partial charge on any atom is -0.445 e. The largest absolute Gasteiger partial charge is 0.445 e. The van der Waals surface area contributed by atoms with Crippen LogP contribution in [0.25, 0.3) is 0 Å². The predicted octanol–water partition coefficient (Wildman–Crippen LogP) is 1.95. The van der Waals surface area contributed by atoms with Gasteiger partial charge in [-0.25, -0.2) is 4.79 Å². The lowest BCUT2D eigenvalue weighted by Gasteiger charge is -2.33. The molecule has 0 bridgehead atoms. The van der Waals surface area contributed by atoms with E-state index in [9.17, 15) is 4.79 Å². The molecule has 0 radical (unpaired) electrons. The van der Waals surface area contributed by atoms with Gasteiger partial charge in [-0.15, -0.1) is 0 Å². The first-order chi connectivity index (χ1) is 7.76. The standard InChI is InChI=1S/C12H19NO3/c1-2-8-15-11(14)13-7-6-12(10-13)5-3-4-9-16-12/h2H,1,3-10H2. The van der Waals surface area contributed by atoms with Gasteiger partial charge in [-0.3, -0.25) is 0 Å². The lowest BCUT2D eigenvalue weighted by Crippen LogP contribution is -2.40. The Bertz CT molecular complexity index is 271. The summed E-state index contributed by atoms with van der Waals surface area (Å²) in [6.07, 6.45) is 5.69. The molecule has 0 N–H and O–H groups in total. The van der Waals surface area contributed by atoms with E-state index in [1.165, 1.54) is 6.42 Å². The van der Waals surface area contributed by atoms with Crippen LogP contribution in [0.3, 0.4) is 0 Å². The van der Waals surface area contributed by atoms with Crippen LogP contribution in [0.2, 0.25) is 0 Å². The van der Waals surface area contributed by atoms with E-state index in [1.807, 2.05) is 0 Å². The first-order valence-electron chi connectivity index (χ1n) is 5.92. The summed E-state index contributed by atoms with van der Waals surface area (Å²) in [6, 6.07) is 0. The van der Waals surface area contributed by atoms with E-state index in [1.54, 1.807) is 11.0 Å². The molecule has 2 aliphatic rings. The molecule has 0 aliphatic carbocycles. The third kappa shape index (κ3) is 2.38. The highest BCUT2D eigenvalue weighted by Crippen LogP contribution is 2.34. The first kappa shape index (κ1) is 11.5. The summed E-state index contributed by atoms with van der Waals surface area (Å²) in [6.45, 7) is 6.06. The molecule has 2 rings (SSSR count). The zero-order chi connectivity index (χ0) is 11.4. The molecule has 4 heteroatoms. The topological polar surface area (TPSA) is 38.8 Å². The third-order valence-electron chi connectivity index (χ3n) is 3.33. The lowest BCUT2D eigenvalue weighted by molar-refractivity contribution is -0.0688. The third-order valence-corrected chi connectivity index (χ3v) is 3.33. The molecule has 1 spiro atoms. The van der Waals surface area contributed by atoms with Crippen molar-refractivity contribution in [1.29, 1.82) is 0 Å². The van der Waals surface area contributed by atoms with Crippen molar-refractivity contribution in [1.82, 2.24) is 4.90 Å². The molecule has 4 nitrogen and oxygen atoms in total. The van der Waals surface area contributed by atoms with Gasteiger partial charge in [0.05, 0.1) is 12.1 Å². The summed E-state index contributed by atoms with van der Waals surface area (Å²) in [5.74, 6) is 0. The molecule has 1 unspecified atom stereocenters. The van der Waals surface area contributed by atoms with Gasteiger partial charge in [0.15, 0.2) is 0 Å². The van der Waals surface area contributed by atoms with Gasteiger partial charge in [-0.2, -0.15) is 0 Å². The summed E-state index contributed by atoms with van der Waals surface area (Å²) >= 11 is 0. The molecule has 2 fully saturated rings. The highest BCUT2D eigenvalue weighted by atomic mass is 16.6. The highest BCUT2D eigenvalue weighted by Gasteiger charge is 2.42. The van der Waals surface area contributed by atoms with E-state index in [0.29, 0.717) is 6.54 Å². The normalized spacial score (nSPS) is 29.4. The van der Waals surface area contributed by atoms with Crippen LogP contribution < -0.4 is 0 Å². The number of hydrogen-bond acceptors (Lipinski definition) is 3. The molecule has 2 heterocycles. The molecule has 0 aromatic heterocycles. The Kier molecular flexibility index (Phi) is 3.49. The van der Waals surface area contributed by atoms with E-state index in [0.717, 1.165) is 32.4 Å². The van der Waals surface area contributed by atoms with Gasteiger partial charge in [-0.05, 0) is 25.7 Å². The Morgan fingerprint density at radius 2 is 2.38 bits per heavy atom. The molecule has 90 valence electrons. The van der Waals surface area contributed by atoms with Crippen LogP contribution in [0, 0.1) is 0 Å². The molecule has 1 amide bonds. The van der Waals surface area contributed by atoms with Crippen LogP contribution in [-0.2, 0) is 9.47 Å². The van der Waals surface area contributed by atoms with E-state index in [-0.39, 0.29) is 18.3 Å². The summed E-state index contributed by atoms with van der Waals surface area (Å²) in [4.78, 5) is 13.4. The molecule has 1 atom stereocenters. The Hall–Kier alpha value is -1.03. The molecule has 0 aromatic rings. The second-order valence-electron chi connectivity index (χ2n) is 4.53. The summed E-state index contributed by atoms with van der Waals surface area (Å²) in [5, 5.41) is 0. The quantitative estimate of drug-likeness (QED) is 0.674. The zero-order valence-corrected chi connectivity index (χ0v) is 9.61. The first-order valence-corrected chi connectivity index (χ1v) is 5.92. The summed E-state index contributed by atoms with van der Waals surface area (Å²) < 4.78 is 10.9. The number of hydrogen-bond donors (Lipinski definition) is 0. The molecular weight excluding hydrogens is 206 g/mol. The van der Waals surface area contributed by atoms with Crippen molar-refractivity contribution in [2.45, 2.75) is 31.3 Å². The Labute approximate surface area is 96.2 Å². The number of carbonyl (C=O) groups is 1. The molecular formula is C12H19NO3. The van der Waals surface area contributed by atoms with Crippen molar-refractivity contribution >= 4 is 6.09 Å². The summed E-state index contributed by atoms with van der Waals surface area (Å²) in [5.41, 5.74) is -0.0779. The van der Waals surface area contributed by atoms with Gasteiger partial charge in [0, 0.05) is 13.2 Å². The second kappa shape index (κ2) is 4.87. The number of carbonyl (C=O) groups excluding carboxylic acids is 1. The average Bonchev–Trinajstić information content (AvgIpc) is 2.71. The number of rotatable bonds is 2. The molecule has 0 saturated carbocycles. The van der Waals surface area contributed by atoms with Gasteiger partial charge in [0.25, 0.3) is 0 Å². The SMILES string of the molecule is C=CCOC(=O)N1CCC2(CCCCO2)C1. The Balaban J connectivity index is 1.86. The van der Waals surface area contributed by atoms with E-state index in [4.69, 9.17) is 9.47 Å².